The maximum atomic E-state index is 12.1. The zero-order valence-electron chi connectivity index (χ0n) is 11.1. The Bertz CT molecular complexity index is 552. The van der Waals surface area contributed by atoms with E-state index in [2.05, 4.69) is 10.3 Å². The third-order valence-electron chi connectivity index (χ3n) is 2.77. The molecule has 2 aromatic rings. The lowest BCUT2D eigenvalue weighted by Gasteiger charge is -2.15. The molecule has 0 saturated carbocycles. The van der Waals surface area contributed by atoms with Crippen molar-refractivity contribution in [3.8, 4) is 0 Å². The highest BCUT2D eigenvalue weighted by atomic mass is 16.2. The van der Waals surface area contributed by atoms with Crippen molar-refractivity contribution in [1.29, 1.82) is 0 Å². The van der Waals surface area contributed by atoms with E-state index in [1.165, 1.54) is 0 Å². The van der Waals surface area contributed by atoms with Gasteiger partial charge >= 0.3 is 0 Å². The van der Waals surface area contributed by atoms with Gasteiger partial charge in [0, 0.05) is 38.7 Å². The van der Waals surface area contributed by atoms with E-state index in [1.54, 1.807) is 25.2 Å². The molecule has 4 heteroatoms. The second kappa shape index (κ2) is 6.00. The molecule has 0 bridgehead atoms. The maximum absolute atomic E-state index is 12.1. The highest BCUT2D eigenvalue weighted by molar-refractivity contribution is 5.99. The standard InChI is InChI=1S/C15H17N3O/c1-18(2)15(19)13-7-3-4-8-14(13)17-11-12-6-5-9-16-10-12/h3-10,17H,11H2,1-2H3. The number of aromatic nitrogens is 1. The lowest BCUT2D eigenvalue weighted by molar-refractivity contribution is 0.0828. The maximum Gasteiger partial charge on any atom is 0.255 e. The number of hydrogen-bond donors (Lipinski definition) is 1. The smallest absolute Gasteiger partial charge is 0.255 e. The number of carbonyl (C=O) groups is 1. The third kappa shape index (κ3) is 3.31. The molecule has 0 saturated heterocycles. The van der Waals surface area contributed by atoms with E-state index in [9.17, 15) is 4.79 Å². The molecule has 0 atom stereocenters. The summed E-state index contributed by atoms with van der Waals surface area (Å²) in [5.74, 6) is -0.00529. The molecule has 1 aromatic carbocycles. The number of nitrogens with zero attached hydrogens (tertiary/aromatic N) is 2. The van der Waals surface area contributed by atoms with Crippen LogP contribution in [0.3, 0.4) is 0 Å². The molecule has 4 nitrogen and oxygen atoms in total. The molecule has 1 amide bonds. The van der Waals surface area contributed by atoms with Crippen molar-refractivity contribution in [3.05, 3.63) is 59.9 Å². The van der Waals surface area contributed by atoms with Gasteiger partial charge < -0.3 is 10.2 Å². The summed E-state index contributed by atoms with van der Waals surface area (Å²) in [6.45, 7) is 0.644. The summed E-state index contributed by atoms with van der Waals surface area (Å²) in [4.78, 5) is 17.7. The molecule has 0 unspecified atom stereocenters. The van der Waals surface area contributed by atoms with Crippen LogP contribution < -0.4 is 5.32 Å². The molecule has 1 aromatic heterocycles. The Morgan fingerprint density at radius 2 is 2.00 bits per heavy atom. The molecule has 0 fully saturated rings. The first-order valence-corrected chi connectivity index (χ1v) is 6.12. The van der Waals surface area contributed by atoms with Crippen LogP contribution in [0.1, 0.15) is 15.9 Å². The van der Waals surface area contributed by atoms with Crippen LogP contribution in [0.2, 0.25) is 0 Å². The zero-order chi connectivity index (χ0) is 13.7. The van der Waals surface area contributed by atoms with Crippen molar-refractivity contribution >= 4 is 11.6 Å². The molecule has 1 heterocycles. The lowest BCUT2D eigenvalue weighted by Crippen LogP contribution is -2.22. The molecule has 0 radical (unpaired) electrons. The van der Waals surface area contributed by atoms with E-state index in [4.69, 9.17) is 0 Å². The molecule has 0 aliphatic rings. The van der Waals surface area contributed by atoms with Crippen LogP contribution in [0, 0.1) is 0 Å². The van der Waals surface area contributed by atoms with Crippen LogP contribution in [-0.4, -0.2) is 29.9 Å². The predicted molar refractivity (Wildman–Crippen MR) is 76.0 cm³/mol. The van der Waals surface area contributed by atoms with Crippen LogP contribution >= 0.6 is 0 Å². The normalized spacial score (nSPS) is 10.0. The molecule has 1 N–H and O–H groups in total. The number of anilines is 1. The van der Waals surface area contributed by atoms with E-state index in [-0.39, 0.29) is 5.91 Å². The molecule has 0 spiro atoms. The number of pyridine rings is 1. The van der Waals surface area contributed by atoms with E-state index < -0.39 is 0 Å². The van der Waals surface area contributed by atoms with Gasteiger partial charge in [0.05, 0.1) is 5.56 Å². The first-order valence-electron chi connectivity index (χ1n) is 6.12. The minimum Gasteiger partial charge on any atom is -0.380 e. The number of nitrogens with one attached hydrogen (secondary N) is 1. The summed E-state index contributed by atoms with van der Waals surface area (Å²) in [6, 6.07) is 11.4. The lowest BCUT2D eigenvalue weighted by atomic mass is 10.1. The summed E-state index contributed by atoms with van der Waals surface area (Å²) >= 11 is 0. The SMILES string of the molecule is CN(C)C(=O)c1ccccc1NCc1cccnc1. The quantitative estimate of drug-likeness (QED) is 0.912. The van der Waals surface area contributed by atoms with Gasteiger partial charge in [-0.1, -0.05) is 18.2 Å². The largest absolute Gasteiger partial charge is 0.380 e. The Morgan fingerprint density at radius 3 is 2.68 bits per heavy atom. The van der Waals surface area contributed by atoms with Gasteiger partial charge in [0.15, 0.2) is 0 Å². The van der Waals surface area contributed by atoms with E-state index in [1.807, 2.05) is 42.6 Å². The average Bonchev–Trinajstić information content (AvgIpc) is 2.45. The summed E-state index contributed by atoms with van der Waals surface area (Å²) < 4.78 is 0. The molecular formula is C15H17N3O. The van der Waals surface area contributed by atoms with Crippen molar-refractivity contribution in [2.24, 2.45) is 0 Å². The van der Waals surface area contributed by atoms with Crippen molar-refractivity contribution in [2.75, 3.05) is 19.4 Å². The Hall–Kier alpha value is -2.36. The second-order valence-corrected chi connectivity index (χ2v) is 4.46. The van der Waals surface area contributed by atoms with Crippen LogP contribution in [0.4, 0.5) is 5.69 Å². The van der Waals surface area contributed by atoms with Crippen molar-refractivity contribution in [2.45, 2.75) is 6.54 Å². The van der Waals surface area contributed by atoms with Crippen molar-refractivity contribution in [1.82, 2.24) is 9.88 Å². The Kier molecular flexibility index (Phi) is 4.13. The minimum absolute atomic E-state index is 0.00529. The van der Waals surface area contributed by atoms with E-state index in [0.717, 1.165) is 11.3 Å². The average molecular weight is 255 g/mol. The van der Waals surface area contributed by atoms with E-state index >= 15 is 0 Å². The van der Waals surface area contributed by atoms with Gasteiger partial charge in [-0.3, -0.25) is 9.78 Å². The minimum atomic E-state index is -0.00529. The number of amides is 1. The second-order valence-electron chi connectivity index (χ2n) is 4.46. The first kappa shape index (κ1) is 13.1. The number of rotatable bonds is 4. The zero-order valence-corrected chi connectivity index (χ0v) is 11.1. The number of benzene rings is 1. The highest BCUT2D eigenvalue weighted by Gasteiger charge is 2.12. The summed E-state index contributed by atoms with van der Waals surface area (Å²) in [5, 5.41) is 3.28. The molecule has 0 aliphatic carbocycles. The molecule has 98 valence electrons. The van der Waals surface area contributed by atoms with Gasteiger partial charge in [-0.25, -0.2) is 0 Å². The first-order chi connectivity index (χ1) is 9.18. The van der Waals surface area contributed by atoms with Gasteiger partial charge in [-0.05, 0) is 23.8 Å². The number of para-hydroxylation sites is 1. The number of hydrogen-bond acceptors (Lipinski definition) is 3. The fraction of sp³-hybridized carbons (Fsp3) is 0.200. The Labute approximate surface area is 113 Å². The summed E-state index contributed by atoms with van der Waals surface area (Å²) in [7, 11) is 3.50. The van der Waals surface area contributed by atoms with Crippen LogP contribution in [0.25, 0.3) is 0 Å². The Balaban J connectivity index is 2.14. The van der Waals surface area contributed by atoms with E-state index in [0.29, 0.717) is 12.1 Å². The topological polar surface area (TPSA) is 45.2 Å². The predicted octanol–water partition coefficient (Wildman–Crippen LogP) is 2.40. The van der Waals surface area contributed by atoms with Gasteiger partial charge in [-0.2, -0.15) is 0 Å². The van der Waals surface area contributed by atoms with Crippen molar-refractivity contribution in [3.63, 3.8) is 0 Å². The fourth-order valence-corrected chi connectivity index (χ4v) is 1.76. The molecule has 2 rings (SSSR count). The summed E-state index contributed by atoms with van der Waals surface area (Å²) in [5.41, 5.74) is 2.59. The van der Waals surface area contributed by atoms with Crippen LogP contribution in [0.15, 0.2) is 48.8 Å². The van der Waals surface area contributed by atoms with Gasteiger partial charge in [0.25, 0.3) is 5.91 Å². The fourth-order valence-electron chi connectivity index (χ4n) is 1.76. The third-order valence-corrected chi connectivity index (χ3v) is 2.77. The van der Waals surface area contributed by atoms with Crippen LogP contribution in [-0.2, 0) is 6.54 Å². The monoisotopic (exact) mass is 255 g/mol. The van der Waals surface area contributed by atoms with Gasteiger partial charge in [-0.15, -0.1) is 0 Å². The van der Waals surface area contributed by atoms with Crippen molar-refractivity contribution < 1.29 is 4.79 Å². The molecular weight excluding hydrogens is 238 g/mol. The van der Waals surface area contributed by atoms with Crippen LogP contribution in [0.5, 0.6) is 0 Å². The summed E-state index contributed by atoms with van der Waals surface area (Å²) in [6.07, 6.45) is 3.55. The number of carbonyl (C=O) groups excluding carboxylic acids is 1. The molecule has 19 heavy (non-hydrogen) atoms. The van der Waals surface area contributed by atoms with Gasteiger partial charge in [0.2, 0.25) is 0 Å². The Morgan fingerprint density at radius 1 is 1.21 bits per heavy atom. The molecule has 0 aliphatic heterocycles. The highest BCUT2D eigenvalue weighted by Crippen LogP contribution is 2.17. The van der Waals surface area contributed by atoms with Gasteiger partial charge in [0.1, 0.15) is 0 Å².